The van der Waals surface area contributed by atoms with Crippen molar-refractivity contribution in [3.63, 3.8) is 0 Å². The molecule has 0 fully saturated rings. The lowest BCUT2D eigenvalue weighted by atomic mass is 9.54. The highest BCUT2D eigenvalue weighted by atomic mass is 16.5. The number of carbonyl (C=O) groups is 3. The first-order valence-corrected chi connectivity index (χ1v) is 7.10. The van der Waals surface area contributed by atoms with Crippen LogP contribution < -0.4 is 0 Å². The van der Waals surface area contributed by atoms with Gasteiger partial charge in [0.25, 0.3) is 0 Å². The first-order valence-electron chi connectivity index (χ1n) is 7.10. The molecule has 6 heteroatoms. The van der Waals surface area contributed by atoms with E-state index in [1.807, 2.05) is 6.08 Å². The Morgan fingerprint density at radius 2 is 2.09 bits per heavy atom. The van der Waals surface area contributed by atoms with E-state index in [2.05, 4.69) is 0 Å². The summed E-state index contributed by atoms with van der Waals surface area (Å²) in [6.07, 6.45) is 3.25. The van der Waals surface area contributed by atoms with E-state index in [0.29, 0.717) is 6.42 Å². The summed E-state index contributed by atoms with van der Waals surface area (Å²) in [4.78, 5) is 36.6. The van der Waals surface area contributed by atoms with Crippen LogP contribution in [0.4, 0.5) is 0 Å². The van der Waals surface area contributed by atoms with Gasteiger partial charge in [-0.2, -0.15) is 0 Å². The van der Waals surface area contributed by atoms with Crippen LogP contribution in [0.2, 0.25) is 0 Å². The normalized spacial score (nSPS) is 31.2. The van der Waals surface area contributed by atoms with Crippen molar-refractivity contribution < 1.29 is 29.0 Å². The van der Waals surface area contributed by atoms with E-state index < -0.39 is 23.2 Å². The van der Waals surface area contributed by atoms with Gasteiger partial charge < -0.3 is 14.6 Å². The van der Waals surface area contributed by atoms with Crippen molar-refractivity contribution in [1.29, 1.82) is 0 Å². The molecular formula is C16H20O6. The third kappa shape index (κ3) is 2.37. The fourth-order valence-electron chi connectivity index (χ4n) is 3.69. The molecule has 0 radical (unpaired) electrons. The Balaban J connectivity index is 2.62. The number of Topliss-reactive ketones (excluding diaryl/α,β-unsaturated/α-hetero) is 1. The van der Waals surface area contributed by atoms with Gasteiger partial charge >= 0.3 is 5.97 Å². The Bertz CT molecular complexity index is 573. The topological polar surface area (TPSA) is 89.9 Å². The maximum atomic E-state index is 12.9. The van der Waals surface area contributed by atoms with Crippen molar-refractivity contribution in [2.24, 2.45) is 17.3 Å². The number of carboxylic acid groups (broad SMARTS) is 1. The number of carbonyl (C=O) groups excluding carboxylic acids is 2. The monoisotopic (exact) mass is 308 g/mol. The highest BCUT2D eigenvalue weighted by Gasteiger charge is 2.59. The maximum Gasteiger partial charge on any atom is 0.303 e. The van der Waals surface area contributed by atoms with Crippen LogP contribution in [0.25, 0.3) is 0 Å². The predicted octanol–water partition coefficient (Wildman–Crippen LogP) is 1.36. The molecule has 2 rings (SSSR count). The number of ketones is 2. The Morgan fingerprint density at radius 1 is 1.41 bits per heavy atom. The summed E-state index contributed by atoms with van der Waals surface area (Å²) in [5.74, 6) is -2.79. The molecule has 0 bridgehead atoms. The Kier molecular flexibility index (Phi) is 4.51. The number of ether oxygens (including phenoxy) is 2. The van der Waals surface area contributed by atoms with E-state index in [9.17, 15) is 19.5 Å². The largest absolute Gasteiger partial charge is 0.493 e. The van der Waals surface area contributed by atoms with Crippen molar-refractivity contribution >= 4 is 17.5 Å². The molecule has 120 valence electrons. The lowest BCUT2D eigenvalue weighted by Crippen LogP contribution is -2.56. The second kappa shape index (κ2) is 6.04. The minimum Gasteiger partial charge on any atom is -0.493 e. The van der Waals surface area contributed by atoms with Gasteiger partial charge in [0, 0.05) is 25.0 Å². The summed E-state index contributed by atoms with van der Waals surface area (Å²) < 4.78 is 10.3. The molecular weight excluding hydrogens is 288 g/mol. The van der Waals surface area contributed by atoms with Crippen molar-refractivity contribution in [3.8, 4) is 0 Å². The van der Waals surface area contributed by atoms with E-state index in [0.717, 1.165) is 5.57 Å². The predicted molar refractivity (Wildman–Crippen MR) is 77.0 cm³/mol. The van der Waals surface area contributed by atoms with Crippen molar-refractivity contribution in [3.05, 3.63) is 23.5 Å². The van der Waals surface area contributed by atoms with Crippen molar-refractivity contribution in [2.45, 2.75) is 19.8 Å². The minimum atomic E-state index is -1.21. The molecule has 6 nitrogen and oxygen atoms in total. The molecule has 2 aliphatic rings. The number of fused-ring (bicyclic) bond motifs is 1. The molecule has 1 N–H and O–H groups in total. The molecule has 0 heterocycles. The summed E-state index contributed by atoms with van der Waals surface area (Å²) in [6.45, 7) is 1.79. The van der Waals surface area contributed by atoms with Gasteiger partial charge in [-0.25, -0.2) is 0 Å². The summed E-state index contributed by atoms with van der Waals surface area (Å²) >= 11 is 0. The SMILES string of the molecule is COCC12C(=O)C(OC)=CC(=O)C1CC=C(C)C2CC(=O)O. The molecule has 2 aliphatic carbocycles. The van der Waals surface area contributed by atoms with E-state index in [1.165, 1.54) is 20.3 Å². The van der Waals surface area contributed by atoms with Crippen molar-refractivity contribution in [2.75, 3.05) is 20.8 Å². The standard InChI is InChI=1S/C16H20O6/c1-9-4-5-10-12(17)7-13(22-3)15(20)16(10,8-21-2)11(9)6-14(18)19/h4,7,10-11H,5-6,8H2,1-3H3,(H,18,19). The van der Waals surface area contributed by atoms with Gasteiger partial charge in [0.2, 0.25) is 5.78 Å². The lowest BCUT2D eigenvalue weighted by Gasteiger charge is -2.48. The molecule has 0 aromatic heterocycles. The summed E-state index contributed by atoms with van der Waals surface area (Å²) in [5, 5.41) is 9.22. The third-order valence-corrected chi connectivity index (χ3v) is 4.71. The van der Waals surface area contributed by atoms with Gasteiger partial charge in [0.05, 0.1) is 25.6 Å². The van der Waals surface area contributed by atoms with E-state index in [-0.39, 0.29) is 30.4 Å². The molecule has 3 atom stereocenters. The van der Waals surface area contributed by atoms with Crippen molar-refractivity contribution in [1.82, 2.24) is 0 Å². The molecule has 0 aromatic carbocycles. The first-order chi connectivity index (χ1) is 10.4. The summed E-state index contributed by atoms with van der Waals surface area (Å²) in [5.41, 5.74) is -0.405. The Morgan fingerprint density at radius 3 is 2.64 bits per heavy atom. The smallest absolute Gasteiger partial charge is 0.303 e. The highest BCUT2D eigenvalue weighted by Crippen LogP contribution is 2.51. The highest BCUT2D eigenvalue weighted by molar-refractivity contribution is 6.12. The van der Waals surface area contributed by atoms with Gasteiger partial charge in [-0.1, -0.05) is 11.6 Å². The first kappa shape index (κ1) is 16.4. The lowest BCUT2D eigenvalue weighted by molar-refractivity contribution is -0.153. The zero-order valence-corrected chi connectivity index (χ0v) is 12.9. The number of hydrogen-bond donors (Lipinski definition) is 1. The number of allylic oxidation sites excluding steroid dienone is 4. The second-order valence-electron chi connectivity index (χ2n) is 5.80. The fraction of sp³-hybridized carbons (Fsp3) is 0.562. The molecule has 0 saturated heterocycles. The molecule has 0 saturated carbocycles. The zero-order chi connectivity index (χ0) is 16.5. The molecule has 3 unspecified atom stereocenters. The van der Waals surface area contributed by atoms with E-state index in [1.54, 1.807) is 6.92 Å². The summed E-state index contributed by atoms with van der Waals surface area (Å²) in [6, 6.07) is 0. The number of hydrogen-bond acceptors (Lipinski definition) is 5. The van der Waals surface area contributed by atoms with E-state index >= 15 is 0 Å². The minimum absolute atomic E-state index is 0.00787. The number of aliphatic carboxylic acids is 1. The van der Waals surface area contributed by atoms with Crippen LogP contribution >= 0.6 is 0 Å². The summed E-state index contributed by atoms with van der Waals surface area (Å²) in [7, 11) is 2.77. The van der Waals surface area contributed by atoms with Crippen LogP contribution in [0, 0.1) is 17.3 Å². The number of carboxylic acids is 1. The fourth-order valence-corrected chi connectivity index (χ4v) is 3.69. The number of rotatable bonds is 5. The maximum absolute atomic E-state index is 12.9. The number of methoxy groups -OCH3 is 2. The molecule has 0 aromatic rings. The molecule has 0 aliphatic heterocycles. The van der Waals surface area contributed by atoms with Gasteiger partial charge in [-0.15, -0.1) is 0 Å². The van der Waals surface area contributed by atoms with Crippen LogP contribution in [0.15, 0.2) is 23.5 Å². The zero-order valence-electron chi connectivity index (χ0n) is 12.9. The van der Waals surface area contributed by atoms with E-state index in [4.69, 9.17) is 9.47 Å². The third-order valence-electron chi connectivity index (χ3n) is 4.71. The van der Waals surface area contributed by atoms with Crippen LogP contribution in [-0.2, 0) is 23.9 Å². The van der Waals surface area contributed by atoms with Gasteiger partial charge in [0.1, 0.15) is 0 Å². The van der Waals surface area contributed by atoms with Gasteiger partial charge in [-0.3, -0.25) is 14.4 Å². The molecule has 0 amide bonds. The van der Waals surface area contributed by atoms with Crippen LogP contribution in [0.3, 0.4) is 0 Å². The molecule has 22 heavy (non-hydrogen) atoms. The average molecular weight is 308 g/mol. The van der Waals surface area contributed by atoms with Crippen LogP contribution in [-0.4, -0.2) is 43.5 Å². The quantitative estimate of drug-likeness (QED) is 0.771. The van der Waals surface area contributed by atoms with Crippen LogP contribution in [0.1, 0.15) is 19.8 Å². The van der Waals surface area contributed by atoms with Crippen LogP contribution in [0.5, 0.6) is 0 Å². The van der Waals surface area contributed by atoms with Gasteiger partial charge in [-0.05, 0) is 13.3 Å². The Hall–Kier alpha value is -1.95. The van der Waals surface area contributed by atoms with Gasteiger partial charge in [0.15, 0.2) is 11.5 Å². The molecule has 0 spiro atoms. The second-order valence-corrected chi connectivity index (χ2v) is 5.80. The Labute approximate surface area is 128 Å². The average Bonchev–Trinajstić information content (AvgIpc) is 2.46.